The van der Waals surface area contributed by atoms with Gasteiger partial charge in [-0.2, -0.15) is 0 Å². The van der Waals surface area contributed by atoms with Crippen molar-refractivity contribution in [2.24, 2.45) is 0 Å². The predicted molar refractivity (Wildman–Crippen MR) is 83.4 cm³/mol. The molecule has 5 nitrogen and oxygen atoms in total. The Kier molecular flexibility index (Phi) is 6.89. The number of ether oxygens (including phenoxy) is 3. The number of carbonyl (C=O) groups excluding carboxylic acids is 2. The molecule has 0 unspecified atom stereocenters. The van der Waals surface area contributed by atoms with Crippen LogP contribution in [0, 0.1) is 0 Å². The van der Waals surface area contributed by atoms with Crippen molar-refractivity contribution in [3.63, 3.8) is 0 Å². The molecule has 0 bridgehead atoms. The Hall–Kier alpha value is -2.56. The van der Waals surface area contributed by atoms with E-state index in [4.69, 9.17) is 14.2 Å². The van der Waals surface area contributed by atoms with Crippen molar-refractivity contribution >= 4 is 17.5 Å². The smallest absolute Gasteiger partial charge is 0.338 e. The van der Waals surface area contributed by atoms with Gasteiger partial charge in [0.2, 0.25) is 0 Å². The fourth-order valence-corrected chi connectivity index (χ4v) is 1.73. The van der Waals surface area contributed by atoms with E-state index in [1.54, 1.807) is 45.2 Å². The topological polar surface area (TPSA) is 61.8 Å². The van der Waals surface area contributed by atoms with E-state index in [0.717, 1.165) is 6.08 Å². The van der Waals surface area contributed by atoms with Gasteiger partial charge in [-0.15, -0.1) is 0 Å². The van der Waals surface area contributed by atoms with Crippen molar-refractivity contribution < 1.29 is 23.8 Å². The maximum absolute atomic E-state index is 12.0. The lowest BCUT2D eigenvalue weighted by Gasteiger charge is -2.11. The van der Waals surface area contributed by atoms with E-state index >= 15 is 0 Å². The van der Waals surface area contributed by atoms with Crippen LogP contribution < -0.4 is 4.74 Å². The van der Waals surface area contributed by atoms with E-state index in [-0.39, 0.29) is 18.8 Å². The summed E-state index contributed by atoms with van der Waals surface area (Å²) in [5, 5.41) is 0. The van der Waals surface area contributed by atoms with E-state index in [9.17, 15) is 9.59 Å². The van der Waals surface area contributed by atoms with Crippen LogP contribution in [0.5, 0.6) is 5.75 Å². The zero-order chi connectivity index (χ0) is 16.5. The normalized spacial score (nSPS) is 10.8. The summed E-state index contributed by atoms with van der Waals surface area (Å²) < 4.78 is 14.9. The molecule has 5 heteroatoms. The summed E-state index contributed by atoms with van der Waals surface area (Å²) in [4.78, 5) is 23.7. The molecule has 0 fully saturated rings. The quantitative estimate of drug-likeness (QED) is 0.440. The number of esters is 2. The van der Waals surface area contributed by atoms with Gasteiger partial charge < -0.3 is 14.2 Å². The Morgan fingerprint density at radius 3 is 2.18 bits per heavy atom. The lowest BCUT2D eigenvalue weighted by Crippen LogP contribution is -2.12. The van der Waals surface area contributed by atoms with Crippen LogP contribution in [-0.4, -0.2) is 32.3 Å². The minimum Gasteiger partial charge on any atom is -0.497 e. The molecule has 0 amide bonds. The standard InChI is InChI=1S/C17H20O5/c1-5-21-16(18)11-15(17(19)22-6-2)12(3)13-7-9-14(20-4)10-8-13/h7-11H,3,5-6H2,1-2,4H3/b15-11-. The minimum absolute atomic E-state index is 0.0745. The van der Waals surface area contributed by atoms with E-state index in [2.05, 4.69) is 6.58 Å². The number of benzene rings is 1. The predicted octanol–water partition coefficient (Wildman–Crippen LogP) is 2.76. The van der Waals surface area contributed by atoms with Crippen LogP contribution in [0.3, 0.4) is 0 Å². The van der Waals surface area contributed by atoms with Crippen LogP contribution in [0.2, 0.25) is 0 Å². The third-order valence-corrected chi connectivity index (χ3v) is 2.81. The van der Waals surface area contributed by atoms with Crippen LogP contribution in [-0.2, 0) is 19.1 Å². The molecule has 118 valence electrons. The molecule has 0 aliphatic rings. The second-order valence-electron chi connectivity index (χ2n) is 4.24. The molecule has 1 aromatic rings. The van der Waals surface area contributed by atoms with Gasteiger partial charge in [0.05, 0.1) is 25.9 Å². The average molecular weight is 304 g/mol. The van der Waals surface area contributed by atoms with Crippen LogP contribution in [0.15, 0.2) is 42.5 Å². The average Bonchev–Trinajstić information content (AvgIpc) is 2.52. The Balaban J connectivity index is 3.10. The highest BCUT2D eigenvalue weighted by Crippen LogP contribution is 2.24. The molecule has 0 aliphatic carbocycles. The second-order valence-corrected chi connectivity index (χ2v) is 4.24. The molecular weight excluding hydrogens is 284 g/mol. The van der Waals surface area contributed by atoms with Crippen molar-refractivity contribution in [3.05, 3.63) is 48.1 Å². The summed E-state index contributed by atoms with van der Waals surface area (Å²) in [6.45, 7) is 7.68. The Labute approximate surface area is 130 Å². The van der Waals surface area contributed by atoms with Gasteiger partial charge in [0.1, 0.15) is 5.75 Å². The molecule has 0 saturated heterocycles. The third-order valence-electron chi connectivity index (χ3n) is 2.81. The maximum Gasteiger partial charge on any atom is 0.338 e. The second kappa shape index (κ2) is 8.67. The van der Waals surface area contributed by atoms with Gasteiger partial charge in [0.15, 0.2) is 0 Å². The van der Waals surface area contributed by atoms with Crippen molar-refractivity contribution in [1.82, 2.24) is 0 Å². The molecule has 0 N–H and O–H groups in total. The van der Waals surface area contributed by atoms with Crippen LogP contribution >= 0.6 is 0 Å². The fraction of sp³-hybridized carbons (Fsp3) is 0.294. The molecule has 0 heterocycles. The van der Waals surface area contributed by atoms with Crippen molar-refractivity contribution in [3.8, 4) is 5.75 Å². The first-order valence-electron chi connectivity index (χ1n) is 6.92. The molecule has 0 radical (unpaired) electrons. The molecule has 0 aromatic heterocycles. The Morgan fingerprint density at radius 2 is 1.68 bits per heavy atom. The molecule has 0 spiro atoms. The van der Waals surface area contributed by atoms with Gasteiger partial charge in [-0.05, 0) is 37.1 Å². The highest BCUT2D eigenvalue weighted by atomic mass is 16.5. The highest BCUT2D eigenvalue weighted by Gasteiger charge is 2.18. The summed E-state index contributed by atoms with van der Waals surface area (Å²) in [6.07, 6.45) is 1.11. The van der Waals surface area contributed by atoms with Gasteiger partial charge in [-0.3, -0.25) is 0 Å². The molecule has 0 aliphatic heterocycles. The van der Waals surface area contributed by atoms with E-state index in [0.29, 0.717) is 16.9 Å². The summed E-state index contributed by atoms with van der Waals surface area (Å²) in [6, 6.07) is 6.99. The summed E-state index contributed by atoms with van der Waals surface area (Å²) in [5.74, 6) is -0.541. The van der Waals surface area contributed by atoms with Gasteiger partial charge in [0.25, 0.3) is 0 Å². The Morgan fingerprint density at radius 1 is 1.09 bits per heavy atom. The van der Waals surface area contributed by atoms with Crippen LogP contribution in [0.1, 0.15) is 19.4 Å². The van der Waals surface area contributed by atoms with Gasteiger partial charge >= 0.3 is 11.9 Å². The van der Waals surface area contributed by atoms with E-state index < -0.39 is 11.9 Å². The first-order chi connectivity index (χ1) is 10.5. The van der Waals surface area contributed by atoms with Gasteiger partial charge in [-0.25, -0.2) is 9.59 Å². The highest BCUT2D eigenvalue weighted by molar-refractivity contribution is 6.09. The number of carbonyl (C=O) groups is 2. The lowest BCUT2D eigenvalue weighted by atomic mass is 9.99. The Bertz CT molecular complexity index is 569. The maximum atomic E-state index is 12.0. The number of hydrogen-bond acceptors (Lipinski definition) is 5. The SMILES string of the molecule is C=C(/C(=C/C(=O)OCC)C(=O)OCC)c1ccc(OC)cc1. The van der Waals surface area contributed by atoms with Crippen molar-refractivity contribution in [2.45, 2.75) is 13.8 Å². The lowest BCUT2D eigenvalue weighted by molar-refractivity contribution is -0.140. The molecule has 0 atom stereocenters. The molecular formula is C17H20O5. The minimum atomic E-state index is -0.614. The molecule has 0 saturated carbocycles. The van der Waals surface area contributed by atoms with Crippen molar-refractivity contribution in [1.29, 1.82) is 0 Å². The van der Waals surface area contributed by atoms with Crippen molar-refractivity contribution in [2.75, 3.05) is 20.3 Å². The van der Waals surface area contributed by atoms with Crippen LogP contribution in [0.25, 0.3) is 5.57 Å². The van der Waals surface area contributed by atoms with Crippen LogP contribution in [0.4, 0.5) is 0 Å². The molecule has 1 rings (SSSR count). The summed E-state index contributed by atoms with van der Waals surface area (Å²) in [7, 11) is 1.56. The van der Waals surface area contributed by atoms with Gasteiger partial charge in [-0.1, -0.05) is 18.7 Å². The number of rotatable bonds is 7. The summed E-state index contributed by atoms with van der Waals surface area (Å²) in [5.41, 5.74) is 1.14. The van der Waals surface area contributed by atoms with E-state index in [1.807, 2.05) is 0 Å². The fourth-order valence-electron chi connectivity index (χ4n) is 1.73. The molecule has 1 aromatic carbocycles. The summed E-state index contributed by atoms with van der Waals surface area (Å²) >= 11 is 0. The first kappa shape index (κ1) is 17.5. The monoisotopic (exact) mass is 304 g/mol. The third kappa shape index (κ3) is 4.77. The van der Waals surface area contributed by atoms with Gasteiger partial charge in [0, 0.05) is 6.08 Å². The first-order valence-corrected chi connectivity index (χ1v) is 6.92. The zero-order valence-electron chi connectivity index (χ0n) is 13.0. The van der Waals surface area contributed by atoms with E-state index in [1.165, 1.54) is 0 Å². The number of hydrogen-bond donors (Lipinski definition) is 0. The molecule has 22 heavy (non-hydrogen) atoms. The number of methoxy groups -OCH3 is 1. The largest absolute Gasteiger partial charge is 0.497 e. The zero-order valence-corrected chi connectivity index (χ0v) is 13.0.